The number of hydrogen-bond acceptors (Lipinski definition) is 4. The lowest BCUT2D eigenvalue weighted by molar-refractivity contribution is -0.136. The van der Waals surface area contributed by atoms with Gasteiger partial charge in [0.2, 0.25) is 11.8 Å². The Morgan fingerprint density at radius 3 is 2.45 bits per heavy atom. The first-order chi connectivity index (χ1) is 8.88. The molecule has 0 aromatic rings. The number of nitrogens with zero attached hydrogens (tertiary/aromatic N) is 1. The van der Waals surface area contributed by atoms with Gasteiger partial charge in [0, 0.05) is 27.3 Å². The Bertz CT molecular complexity index is 288. The predicted octanol–water partition coefficient (Wildman–Crippen LogP) is 0.393. The molecule has 0 aliphatic carbocycles. The first-order valence-corrected chi connectivity index (χ1v) is 6.64. The van der Waals surface area contributed by atoms with Gasteiger partial charge < -0.3 is 20.7 Å². The van der Waals surface area contributed by atoms with Crippen LogP contribution in [0.25, 0.3) is 0 Å². The molecular formula is C13H28ClN3O3. The molecule has 0 aromatic carbocycles. The van der Waals surface area contributed by atoms with E-state index >= 15 is 0 Å². The summed E-state index contributed by atoms with van der Waals surface area (Å²) in [6.45, 7) is 5.21. The van der Waals surface area contributed by atoms with Crippen molar-refractivity contribution in [2.75, 3.05) is 33.9 Å². The lowest BCUT2D eigenvalue weighted by Gasteiger charge is -2.21. The number of amides is 2. The van der Waals surface area contributed by atoms with Crippen molar-refractivity contribution < 1.29 is 14.3 Å². The van der Waals surface area contributed by atoms with Crippen LogP contribution in [0.5, 0.6) is 0 Å². The van der Waals surface area contributed by atoms with Crippen molar-refractivity contribution >= 4 is 24.2 Å². The van der Waals surface area contributed by atoms with Crippen LogP contribution in [0.15, 0.2) is 0 Å². The molecule has 20 heavy (non-hydrogen) atoms. The lowest BCUT2D eigenvalue weighted by Crippen LogP contribution is -2.46. The van der Waals surface area contributed by atoms with E-state index < -0.39 is 6.04 Å². The standard InChI is InChI=1S/C13H27N3O3.ClH/c1-10(2)8-11(14)13(18)16(3)9-12(17)15-6-5-7-19-4;/h10-11H,5-9,14H2,1-4H3,(H,15,17);1H/t11-;/m0./s1. The number of methoxy groups -OCH3 is 1. The van der Waals surface area contributed by atoms with Crippen LogP contribution in [0.4, 0.5) is 0 Å². The maximum atomic E-state index is 11.9. The summed E-state index contributed by atoms with van der Waals surface area (Å²) in [5.74, 6) is -0.0142. The van der Waals surface area contributed by atoms with E-state index in [1.807, 2.05) is 13.8 Å². The molecule has 1 atom stereocenters. The summed E-state index contributed by atoms with van der Waals surface area (Å²) in [4.78, 5) is 24.8. The quantitative estimate of drug-likeness (QED) is 0.604. The topological polar surface area (TPSA) is 84.7 Å². The molecule has 0 saturated heterocycles. The molecule has 0 aromatic heterocycles. The normalized spacial score (nSPS) is 11.7. The van der Waals surface area contributed by atoms with Gasteiger partial charge in [-0.05, 0) is 18.8 Å². The van der Waals surface area contributed by atoms with Gasteiger partial charge in [0.05, 0.1) is 12.6 Å². The second-order valence-corrected chi connectivity index (χ2v) is 5.13. The molecule has 0 heterocycles. The minimum Gasteiger partial charge on any atom is -0.385 e. The number of nitrogens with one attached hydrogen (secondary N) is 1. The number of likely N-dealkylation sites (N-methyl/N-ethyl adjacent to an activating group) is 1. The second-order valence-electron chi connectivity index (χ2n) is 5.13. The Balaban J connectivity index is 0. The maximum absolute atomic E-state index is 11.9. The third-order valence-corrected chi connectivity index (χ3v) is 2.65. The van der Waals surface area contributed by atoms with Crippen LogP contribution in [-0.4, -0.2) is 56.6 Å². The molecule has 0 bridgehead atoms. The molecule has 0 fully saturated rings. The molecule has 0 rings (SSSR count). The van der Waals surface area contributed by atoms with Crippen LogP contribution < -0.4 is 11.1 Å². The third-order valence-electron chi connectivity index (χ3n) is 2.65. The van der Waals surface area contributed by atoms with Crippen LogP contribution >= 0.6 is 12.4 Å². The summed E-state index contributed by atoms with van der Waals surface area (Å²) in [6, 6.07) is -0.536. The molecular weight excluding hydrogens is 282 g/mol. The molecule has 0 radical (unpaired) electrons. The Kier molecular flexibility index (Phi) is 12.8. The monoisotopic (exact) mass is 309 g/mol. The van der Waals surface area contributed by atoms with Crippen molar-refractivity contribution in [2.45, 2.75) is 32.7 Å². The van der Waals surface area contributed by atoms with E-state index in [2.05, 4.69) is 5.32 Å². The first kappa shape index (κ1) is 21.4. The van der Waals surface area contributed by atoms with E-state index in [9.17, 15) is 9.59 Å². The fourth-order valence-corrected chi connectivity index (χ4v) is 1.69. The third kappa shape index (κ3) is 10.00. The van der Waals surface area contributed by atoms with Gasteiger partial charge in [0.25, 0.3) is 0 Å². The lowest BCUT2D eigenvalue weighted by atomic mass is 10.0. The molecule has 0 saturated carbocycles. The number of ether oxygens (including phenoxy) is 1. The molecule has 7 heteroatoms. The molecule has 0 aliphatic rings. The minimum atomic E-state index is -0.536. The van der Waals surface area contributed by atoms with Crippen molar-refractivity contribution in [3.8, 4) is 0 Å². The largest absolute Gasteiger partial charge is 0.385 e. The highest BCUT2D eigenvalue weighted by Crippen LogP contribution is 2.04. The van der Waals surface area contributed by atoms with Crippen LogP contribution in [0, 0.1) is 5.92 Å². The van der Waals surface area contributed by atoms with Gasteiger partial charge in [-0.15, -0.1) is 12.4 Å². The van der Waals surface area contributed by atoms with E-state index in [0.717, 1.165) is 6.42 Å². The number of carbonyl (C=O) groups is 2. The summed E-state index contributed by atoms with van der Waals surface area (Å²) in [5.41, 5.74) is 5.80. The molecule has 0 aliphatic heterocycles. The Morgan fingerprint density at radius 1 is 1.35 bits per heavy atom. The average molecular weight is 310 g/mol. The van der Waals surface area contributed by atoms with Gasteiger partial charge in [0.15, 0.2) is 0 Å². The number of halogens is 1. The highest BCUT2D eigenvalue weighted by atomic mass is 35.5. The predicted molar refractivity (Wildman–Crippen MR) is 81.8 cm³/mol. The Morgan fingerprint density at radius 2 is 1.95 bits per heavy atom. The summed E-state index contributed by atoms with van der Waals surface area (Å²) in [5, 5.41) is 2.73. The van der Waals surface area contributed by atoms with Crippen molar-refractivity contribution in [1.82, 2.24) is 10.2 Å². The molecule has 6 nitrogen and oxygen atoms in total. The molecule has 3 N–H and O–H groups in total. The van der Waals surface area contributed by atoms with Crippen LogP contribution in [0.3, 0.4) is 0 Å². The molecule has 120 valence electrons. The highest BCUT2D eigenvalue weighted by molar-refractivity contribution is 5.87. The second kappa shape index (κ2) is 11.9. The van der Waals surface area contributed by atoms with Crippen LogP contribution in [0.2, 0.25) is 0 Å². The minimum absolute atomic E-state index is 0. The molecule has 2 amide bonds. The van der Waals surface area contributed by atoms with Crippen molar-refractivity contribution in [3.05, 3.63) is 0 Å². The number of nitrogens with two attached hydrogens (primary N) is 1. The van der Waals surface area contributed by atoms with Crippen molar-refractivity contribution in [3.63, 3.8) is 0 Å². The average Bonchev–Trinajstić information content (AvgIpc) is 2.32. The van der Waals surface area contributed by atoms with E-state index in [4.69, 9.17) is 10.5 Å². The highest BCUT2D eigenvalue weighted by Gasteiger charge is 2.20. The van der Waals surface area contributed by atoms with Crippen LogP contribution in [-0.2, 0) is 14.3 Å². The van der Waals surface area contributed by atoms with Gasteiger partial charge in [0.1, 0.15) is 0 Å². The summed E-state index contributed by atoms with van der Waals surface area (Å²) in [7, 11) is 3.21. The van der Waals surface area contributed by atoms with E-state index in [1.165, 1.54) is 4.90 Å². The van der Waals surface area contributed by atoms with Gasteiger partial charge in [-0.1, -0.05) is 13.8 Å². The summed E-state index contributed by atoms with van der Waals surface area (Å²) >= 11 is 0. The van der Waals surface area contributed by atoms with E-state index in [-0.39, 0.29) is 30.8 Å². The zero-order valence-corrected chi connectivity index (χ0v) is 13.7. The van der Waals surface area contributed by atoms with Gasteiger partial charge >= 0.3 is 0 Å². The van der Waals surface area contributed by atoms with Gasteiger partial charge in [-0.3, -0.25) is 9.59 Å². The van der Waals surface area contributed by atoms with Crippen LogP contribution in [0.1, 0.15) is 26.7 Å². The maximum Gasteiger partial charge on any atom is 0.239 e. The SMILES string of the molecule is COCCCNC(=O)CN(C)C(=O)[C@@H](N)CC(C)C.Cl. The Labute approximate surface area is 127 Å². The Hall–Kier alpha value is -0.850. The smallest absolute Gasteiger partial charge is 0.239 e. The van der Waals surface area contributed by atoms with Gasteiger partial charge in [-0.25, -0.2) is 0 Å². The fourth-order valence-electron chi connectivity index (χ4n) is 1.69. The summed E-state index contributed by atoms with van der Waals surface area (Å²) < 4.78 is 4.88. The van der Waals surface area contributed by atoms with Gasteiger partial charge in [-0.2, -0.15) is 0 Å². The zero-order chi connectivity index (χ0) is 14.8. The molecule has 0 unspecified atom stereocenters. The number of carbonyl (C=O) groups excluding carboxylic acids is 2. The van der Waals surface area contributed by atoms with E-state index in [0.29, 0.717) is 25.5 Å². The number of hydrogen-bond donors (Lipinski definition) is 2. The van der Waals surface area contributed by atoms with Crippen molar-refractivity contribution in [2.24, 2.45) is 11.7 Å². The fraction of sp³-hybridized carbons (Fsp3) is 0.846. The molecule has 0 spiro atoms. The number of rotatable bonds is 9. The zero-order valence-electron chi connectivity index (χ0n) is 12.8. The van der Waals surface area contributed by atoms with Crippen molar-refractivity contribution in [1.29, 1.82) is 0 Å². The van der Waals surface area contributed by atoms with E-state index in [1.54, 1.807) is 14.2 Å². The summed E-state index contributed by atoms with van der Waals surface area (Å²) in [6.07, 6.45) is 1.38. The first-order valence-electron chi connectivity index (χ1n) is 6.64.